The number of hydrogen-bond acceptors (Lipinski definition) is 1. The summed E-state index contributed by atoms with van der Waals surface area (Å²) in [7, 11) is 0. The number of nitrogens with two attached hydrogens (primary N) is 1. The second kappa shape index (κ2) is 1.97. The standard InChI is InChI=1S/C8H15NO/c1-4-5-6(7(9)10)8(5,2)3/h5-6H,4H2,1-3H3,(H2,9,10). The molecule has 0 aromatic heterocycles. The zero-order valence-corrected chi connectivity index (χ0v) is 6.85. The van der Waals surface area contributed by atoms with E-state index in [9.17, 15) is 4.79 Å². The summed E-state index contributed by atoms with van der Waals surface area (Å²) in [5, 5.41) is 0. The van der Waals surface area contributed by atoms with Crippen LogP contribution in [0.5, 0.6) is 0 Å². The van der Waals surface area contributed by atoms with Crippen molar-refractivity contribution in [1.82, 2.24) is 0 Å². The van der Waals surface area contributed by atoms with Gasteiger partial charge in [0, 0.05) is 5.92 Å². The number of amides is 1. The molecule has 58 valence electrons. The Morgan fingerprint density at radius 2 is 2.10 bits per heavy atom. The molecule has 0 aromatic rings. The Hall–Kier alpha value is -0.530. The molecule has 0 spiro atoms. The monoisotopic (exact) mass is 141 g/mol. The molecule has 2 N–H and O–H groups in total. The average Bonchev–Trinajstić information content (AvgIpc) is 2.33. The van der Waals surface area contributed by atoms with E-state index in [-0.39, 0.29) is 17.2 Å². The predicted molar refractivity (Wildman–Crippen MR) is 40.2 cm³/mol. The quantitative estimate of drug-likeness (QED) is 0.616. The first-order chi connectivity index (χ1) is 4.51. The molecule has 0 saturated heterocycles. The minimum absolute atomic E-state index is 0.128. The third-order valence-electron chi connectivity index (χ3n) is 2.80. The smallest absolute Gasteiger partial charge is 0.221 e. The van der Waals surface area contributed by atoms with Gasteiger partial charge in [-0.3, -0.25) is 4.79 Å². The lowest BCUT2D eigenvalue weighted by Crippen LogP contribution is -2.16. The van der Waals surface area contributed by atoms with Gasteiger partial charge in [-0.25, -0.2) is 0 Å². The van der Waals surface area contributed by atoms with Crippen LogP contribution in [0.25, 0.3) is 0 Å². The zero-order valence-electron chi connectivity index (χ0n) is 6.85. The van der Waals surface area contributed by atoms with Gasteiger partial charge in [0.15, 0.2) is 0 Å². The molecular weight excluding hydrogens is 126 g/mol. The van der Waals surface area contributed by atoms with Crippen molar-refractivity contribution in [3.63, 3.8) is 0 Å². The fraction of sp³-hybridized carbons (Fsp3) is 0.875. The molecule has 2 heteroatoms. The summed E-state index contributed by atoms with van der Waals surface area (Å²) in [5.74, 6) is 0.541. The van der Waals surface area contributed by atoms with Crippen LogP contribution in [0, 0.1) is 17.3 Å². The summed E-state index contributed by atoms with van der Waals surface area (Å²) in [6.45, 7) is 6.32. The predicted octanol–water partition coefficient (Wildman–Crippen LogP) is 1.15. The third kappa shape index (κ3) is 0.825. The molecule has 1 rings (SSSR count). The molecule has 0 bridgehead atoms. The first-order valence-corrected chi connectivity index (χ1v) is 3.81. The Balaban J connectivity index is 2.61. The molecule has 0 aliphatic heterocycles. The highest BCUT2D eigenvalue weighted by Crippen LogP contribution is 2.59. The van der Waals surface area contributed by atoms with Crippen LogP contribution in [0.1, 0.15) is 27.2 Å². The van der Waals surface area contributed by atoms with Gasteiger partial charge in [-0.15, -0.1) is 0 Å². The van der Waals surface area contributed by atoms with Crippen LogP contribution in [0.15, 0.2) is 0 Å². The Morgan fingerprint density at radius 1 is 1.60 bits per heavy atom. The third-order valence-corrected chi connectivity index (χ3v) is 2.80. The van der Waals surface area contributed by atoms with Crippen LogP contribution in [0.2, 0.25) is 0 Å². The molecule has 2 nitrogen and oxygen atoms in total. The van der Waals surface area contributed by atoms with Crippen LogP contribution in [-0.2, 0) is 4.79 Å². The van der Waals surface area contributed by atoms with E-state index in [0.29, 0.717) is 5.92 Å². The van der Waals surface area contributed by atoms with Gasteiger partial charge in [-0.2, -0.15) is 0 Å². The van der Waals surface area contributed by atoms with Gasteiger partial charge in [0.2, 0.25) is 5.91 Å². The fourth-order valence-electron chi connectivity index (χ4n) is 2.07. The van der Waals surface area contributed by atoms with E-state index >= 15 is 0 Å². The molecule has 2 unspecified atom stereocenters. The summed E-state index contributed by atoms with van der Waals surface area (Å²) >= 11 is 0. The number of rotatable bonds is 2. The normalized spacial score (nSPS) is 35.5. The highest BCUT2D eigenvalue weighted by Gasteiger charge is 2.59. The Bertz CT molecular complexity index is 163. The van der Waals surface area contributed by atoms with E-state index < -0.39 is 0 Å². The Morgan fingerprint density at radius 3 is 2.20 bits per heavy atom. The maximum absolute atomic E-state index is 10.8. The molecule has 0 aromatic carbocycles. The zero-order chi connectivity index (χ0) is 7.94. The largest absolute Gasteiger partial charge is 0.369 e. The molecule has 1 fully saturated rings. The highest BCUT2D eigenvalue weighted by molar-refractivity contribution is 5.81. The minimum atomic E-state index is -0.128. The lowest BCUT2D eigenvalue weighted by Gasteiger charge is -1.97. The van der Waals surface area contributed by atoms with Gasteiger partial charge in [0.05, 0.1) is 0 Å². The van der Waals surface area contributed by atoms with Gasteiger partial charge >= 0.3 is 0 Å². The molecule has 1 aliphatic rings. The molecule has 2 atom stereocenters. The molecule has 1 saturated carbocycles. The van der Waals surface area contributed by atoms with Crippen LogP contribution in [0.4, 0.5) is 0 Å². The molecular formula is C8H15NO. The van der Waals surface area contributed by atoms with E-state index in [1.165, 1.54) is 0 Å². The van der Waals surface area contributed by atoms with Gasteiger partial charge in [-0.1, -0.05) is 27.2 Å². The number of carbonyl (C=O) groups is 1. The van der Waals surface area contributed by atoms with Crippen molar-refractivity contribution in [3.05, 3.63) is 0 Å². The summed E-state index contributed by atoms with van der Waals surface area (Å²) in [6.07, 6.45) is 1.07. The van der Waals surface area contributed by atoms with Crippen molar-refractivity contribution in [2.45, 2.75) is 27.2 Å². The molecule has 10 heavy (non-hydrogen) atoms. The lowest BCUT2D eigenvalue weighted by atomic mass is 10.1. The topological polar surface area (TPSA) is 43.1 Å². The van der Waals surface area contributed by atoms with Crippen LogP contribution < -0.4 is 5.73 Å². The van der Waals surface area contributed by atoms with Crippen molar-refractivity contribution in [2.24, 2.45) is 23.0 Å². The maximum Gasteiger partial charge on any atom is 0.221 e. The van der Waals surface area contributed by atoms with Crippen molar-refractivity contribution in [2.75, 3.05) is 0 Å². The van der Waals surface area contributed by atoms with Crippen LogP contribution in [-0.4, -0.2) is 5.91 Å². The summed E-state index contributed by atoms with van der Waals surface area (Å²) in [4.78, 5) is 10.8. The number of carbonyl (C=O) groups excluding carboxylic acids is 1. The molecule has 0 radical (unpaired) electrons. The number of primary amides is 1. The Kier molecular flexibility index (Phi) is 1.50. The van der Waals surface area contributed by atoms with Crippen LogP contribution >= 0.6 is 0 Å². The SMILES string of the molecule is CCC1C(C(N)=O)C1(C)C. The van der Waals surface area contributed by atoms with E-state index in [0.717, 1.165) is 6.42 Å². The second-order valence-corrected chi connectivity index (χ2v) is 3.72. The van der Waals surface area contributed by atoms with E-state index in [1.807, 2.05) is 0 Å². The van der Waals surface area contributed by atoms with Gasteiger partial charge in [0.1, 0.15) is 0 Å². The van der Waals surface area contributed by atoms with Crippen LogP contribution in [0.3, 0.4) is 0 Å². The van der Waals surface area contributed by atoms with Crippen molar-refractivity contribution in [3.8, 4) is 0 Å². The summed E-state index contributed by atoms with van der Waals surface area (Å²) in [6, 6.07) is 0. The van der Waals surface area contributed by atoms with Gasteiger partial charge < -0.3 is 5.73 Å². The summed E-state index contributed by atoms with van der Waals surface area (Å²) in [5.41, 5.74) is 5.38. The number of hydrogen-bond donors (Lipinski definition) is 1. The first kappa shape index (κ1) is 7.58. The average molecular weight is 141 g/mol. The Labute approximate surface area is 61.8 Å². The molecule has 0 heterocycles. The van der Waals surface area contributed by atoms with Gasteiger partial charge in [-0.05, 0) is 11.3 Å². The minimum Gasteiger partial charge on any atom is -0.369 e. The first-order valence-electron chi connectivity index (χ1n) is 3.81. The van der Waals surface area contributed by atoms with E-state index in [2.05, 4.69) is 20.8 Å². The van der Waals surface area contributed by atoms with Gasteiger partial charge in [0.25, 0.3) is 0 Å². The molecule has 1 amide bonds. The summed E-state index contributed by atoms with van der Waals surface area (Å²) < 4.78 is 0. The maximum atomic E-state index is 10.8. The van der Waals surface area contributed by atoms with Crippen molar-refractivity contribution in [1.29, 1.82) is 0 Å². The van der Waals surface area contributed by atoms with E-state index in [1.54, 1.807) is 0 Å². The highest BCUT2D eigenvalue weighted by atomic mass is 16.1. The lowest BCUT2D eigenvalue weighted by molar-refractivity contribution is -0.120. The fourth-order valence-corrected chi connectivity index (χ4v) is 2.07. The van der Waals surface area contributed by atoms with Crippen molar-refractivity contribution >= 4 is 5.91 Å². The van der Waals surface area contributed by atoms with E-state index in [4.69, 9.17) is 5.73 Å². The molecule has 1 aliphatic carbocycles. The second-order valence-electron chi connectivity index (χ2n) is 3.72. The van der Waals surface area contributed by atoms with Crippen molar-refractivity contribution < 1.29 is 4.79 Å².